The summed E-state index contributed by atoms with van der Waals surface area (Å²) in [4.78, 5) is 0. The highest BCUT2D eigenvalue weighted by Crippen LogP contribution is 2.44. The number of benzene rings is 2. The minimum atomic E-state index is -4.29. The summed E-state index contributed by atoms with van der Waals surface area (Å²) in [5.41, 5.74) is -1.60. The van der Waals surface area contributed by atoms with E-state index in [0.717, 1.165) is 5.39 Å². The maximum atomic E-state index is 13.2. The Labute approximate surface area is 109 Å². The van der Waals surface area contributed by atoms with E-state index in [1.165, 1.54) is 32.0 Å². The van der Waals surface area contributed by atoms with Crippen LogP contribution >= 0.6 is 0 Å². The first kappa shape index (κ1) is 13.7. The van der Waals surface area contributed by atoms with E-state index in [1.807, 2.05) is 0 Å². The quantitative estimate of drug-likeness (QED) is 0.831. The van der Waals surface area contributed by atoms with Gasteiger partial charge in [0.05, 0.1) is 5.41 Å². The van der Waals surface area contributed by atoms with Gasteiger partial charge in [-0.25, -0.2) is 0 Å². The minimum absolute atomic E-state index is 0.0138. The minimum Gasteiger partial charge on any atom is -0.508 e. The number of hydrogen-bond acceptors (Lipinski definition) is 1. The maximum absolute atomic E-state index is 13.2. The van der Waals surface area contributed by atoms with Crippen LogP contribution in [0.25, 0.3) is 10.8 Å². The number of rotatable bonds is 2. The molecule has 1 atom stereocenters. The van der Waals surface area contributed by atoms with E-state index in [2.05, 4.69) is 0 Å². The summed E-state index contributed by atoms with van der Waals surface area (Å²) in [7, 11) is 0. The van der Waals surface area contributed by atoms with Crippen molar-refractivity contribution >= 4 is 10.8 Å². The normalized spacial score (nSPS) is 15.4. The first-order chi connectivity index (χ1) is 8.78. The van der Waals surface area contributed by atoms with Crippen LogP contribution < -0.4 is 0 Å². The van der Waals surface area contributed by atoms with Crippen LogP contribution in [0.15, 0.2) is 36.4 Å². The van der Waals surface area contributed by atoms with Gasteiger partial charge in [0.2, 0.25) is 0 Å². The van der Waals surface area contributed by atoms with Crippen molar-refractivity contribution in [1.29, 1.82) is 0 Å². The fourth-order valence-corrected chi connectivity index (χ4v) is 2.14. The largest absolute Gasteiger partial charge is 0.508 e. The Kier molecular flexibility index (Phi) is 3.20. The van der Waals surface area contributed by atoms with Gasteiger partial charge in [-0.15, -0.1) is 0 Å². The zero-order valence-electron chi connectivity index (χ0n) is 10.8. The first-order valence-corrected chi connectivity index (χ1v) is 6.08. The molecule has 2 aromatic carbocycles. The van der Waals surface area contributed by atoms with E-state index >= 15 is 0 Å². The van der Waals surface area contributed by atoms with Crippen LogP contribution in [0.1, 0.15) is 25.8 Å². The Morgan fingerprint density at radius 2 is 1.58 bits per heavy atom. The zero-order valence-corrected chi connectivity index (χ0v) is 10.8. The fraction of sp³-hybridized carbons (Fsp3) is 0.333. The summed E-state index contributed by atoms with van der Waals surface area (Å²) >= 11 is 0. The third-order valence-electron chi connectivity index (χ3n) is 3.79. The van der Waals surface area contributed by atoms with E-state index in [1.54, 1.807) is 18.2 Å². The van der Waals surface area contributed by atoms with E-state index in [4.69, 9.17) is 0 Å². The summed E-state index contributed by atoms with van der Waals surface area (Å²) in [5, 5.41) is 10.8. The van der Waals surface area contributed by atoms with Gasteiger partial charge >= 0.3 is 6.18 Å². The predicted molar refractivity (Wildman–Crippen MR) is 69.3 cm³/mol. The molecule has 0 saturated heterocycles. The van der Waals surface area contributed by atoms with Crippen molar-refractivity contribution in [2.45, 2.75) is 31.9 Å². The zero-order chi connectivity index (χ0) is 14.3. The number of hydrogen-bond donors (Lipinski definition) is 1. The average molecular weight is 268 g/mol. The molecule has 4 heteroatoms. The van der Waals surface area contributed by atoms with Crippen LogP contribution in [0.3, 0.4) is 0 Å². The number of aromatic hydroxyl groups is 1. The summed E-state index contributed by atoms with van der Waals surface area (Å²) in [5.74, 6) is 0.106. The molecule has 0 aliphatic rings. The fourth-order valence-electron chi connectivity index (χ4n) is 2.14. The van der Waals surface area contributed by atoms with Crippen LogP contribution in [0.2, 0.25) is 0 Å². The van der Waals surface area contributed by atoms with Gasteiger partial charge in [-0.1, -0.05) is 31.2 Å². The highest BCUT2D eigenvalue weighted by atomic mass is 19.4. The predicted octanol–water partition coefficient (Wildman–Crippen LogP) is 4.78. The number of phenolic OH excluding ortho intramolecular Hbond substituents is 1. The Morgan fingerprint density at radius 3 is 2.16 bits per heavy atom. The lowest BCUT2D eigenvalue weighted by molar-refractivity contribution is -0.186. The molecule has 19 heavy (non-hydrogen) atoms. The molecule has 0 aromatic heterocycles. The molecule has 1 unspecified atom stereocenters. The molecule has 102 valence electrons. The molecule has 0 aliphatic carbocycles. The average Bonchev–Trinajstić information content (AvgIpc) is 2.35. The van der Waals surface area contributed by atoms with Crippen molar-refractivity contribution in [2.24, 2.45) is 0 Å². The molecule has 0 aliphatic heterocycles. The molecule has 2 rings (SSSR count). The van der Waals surface area contributed by atoms with Crippen LogP contribution in [-0.2, 0) is 5.41 Å². The number of phenols is 1. The SMILES string of the molecule is CCC(C)(c1ccc2cc(O)ccc2c1)C(F)(F)F. The molecule has 2 aromatic rings. The van der Waals surface area contributed by atoms with Gasteiger partial charge in [-0.3, -0.25) is 0 Å². The van der Waals surface area contributed by atoms with Gasteiger partial charge in [-0.2, -0.15) is 13.2 Å². The number of alkyl halides is 3. The Morgan fingerprint density at radius 1 is 1.00 bits per heavy atom. The van der Waals surface area contributed by atoms with Gasteiger partial charge in [0.15, 0.2) is 0 Å². The van der Waals surface area contributed by atoms with Crippen LogP contribution in [0, 0.1) is 0 Å². The number of fused-ring (bicyclic) bond motifs is 1. The second kappa shape index (κ2) is 4.44. The van der Waals surface area contributed by atoms with E-state index < -0.39 is 11.6 Å². The number of halogens is 3. The summed E-state index contributed by atoms with van der Waals surface area (Å²) in [6, 6.07) is 9.29. The molecule has 1 N–H and O–H groups in total. The molecular formula is C15H15F3O. The molecule has 0 amide bonds. The molecule has 0 fully saturated rings. The van der Waals surface area contributed by atoms with Crippen LogP contribution in [-0.4, -0.2) is 11.3 Å². The molecule has 0 heterocycles. The standard InChI is InChI=1S/C15H15F3O/c1-3-14(2,15(16,17)18)12-6-4-11-9-13(19)7-5-10(11)8-12/h4-9,19H,3H2,1-2H3. The Bertz CT molecular complexity index is 604. The second-order valence-corrected chi connectivity index (χ2v) is 4.93. The molecule has 0 bridgehead atoms. The van der Waals surface area contributed by atoms with E-state index in [9.17, 15) is 18.3 Å². The van der Waals surface area contributed by atoms with Crippen LogP contribution in [0.5, 0.6) is 5.75 Å². The van der Waals surface area contributed by atoms with Crippen molar-refractivity contribution in [3.63, 3.8) is 0 Å². The molecule has 0 spiro atoms. The van der Waals surface area contributed by atoms with Crippen molar-refractivity contribution < 1.29 is 18.3 Å². The second-order valence-electron chi connectivity index (χ2n) is 4.93. The lowest BCUT2D eigenvalue weighted by Gasteiger charge is -2.31. The first-order valence-electron chi connectivity index (χ1n) is 6.08. The summed E-state index contributed by atoms with van der Waals surface area (Å²) in [6.07, 6.45) is -4.30. The lowest BCUT2D eigenvalue weighted by atomic mass is 9.78. The molecule has 1 nitrogen and oxygen atoms in total. The van der Waals surface area contributed by atoms with E-state index in [0.29, 0.717) is 5.39 Å². The van der Waals surface area contributed by atoms with Crippen LogP contribution in [0.4, 0.5) is 13.2 Å². The van der Waals surface area contributed by atoms with Crippen molar-refractivity contribution in [3.8, 4) is 5.75 Å². The maximum Gasteiger partial charge on any atom is 0.398 e. The highest BCUT2D eigenvalue weighted by molar-refractivity contribution is 5.84. The lowest BCUT2D eigenvalue weighted by Crippen LogP contribution is -2.38. The van der Waals surface area contributed by atoms with Crippen molar-refractivity contribution in [2.75, 3.05) is 0 Å². The third kappa shape index (κ3) is 2.27. The topological polar surface area (TPSA) is 20.2 Å². The van der Waals surface area contributed by atoms with Gasteiger partial charge in [0.25, 0.3) is 0 Å². The Hall–Kier alpha value is -1.71. The molecule has 0 radical (unpaired) electrons. The monoisotopic (exact) mass is 268 g/mol. The summed E-state index contributed by atoms with van der Waals surface area (Å²) < 4.78 is 39.6. The summed E-state index contributed by atoms with van der Waals surface area (Å²) in [6.45, 7) is 2.75. The van der Waals surface area contributed by atoms with Gasteiger partial charge in [0, 0.05) is 0 Å². The van der Waals surface area contributed by atoms with Gasteiger partial charge < -0.3 is 5.11 Å². The molecule has 0 saturated carbocycles. The van der Waals surface area contributed by atoms with Gasteiger partial charge in [-0.05, 0) is 41.8 Å². The van der Waals surface area contributed by atoms with Crippen molar-refractivity contribution in [3.05, 3.63) is 42.0 Å². The highest BCUT2D eigenvalue weighted by Gasteiger charge is 2.50. The Balaban J connectivity index is 2.60. The smallest absolute Gasteiger partial charge is 0.398 e. The van der Waals surface area contributed by atoms with Gasteiger partial charge in [0.1, 0.15) is 5.75 Å². The van der Waals surface area contributed by atoms with Crippen molar-refractivity contribution in [1.82, 2.24) is 0 Å². The third-order valence-corrected chi connectivity index (χ3v) is 3.79. The molecular weight excluding hydrogens is 253 g/mol. The van der Waals surface area contributed by atoms with E-state index in [-0.39, 0.29) is 17.7 Å².